The molecule has 0 radical (unpaired) electrons. The molecule has 0 aromatic heterocycles. The number of alkyl halides is 8. The van der Waals surface area contributed by atoms with Gasteiger partial charge >= 0.3 is 25.1 Å². The standard InChI is InChI=1S/C19H16F8O2/c1-17(2,11-3-7-13(8-4-11)28-18(24,25)15(20)21)12-5-9-14(10-6-12)29-19(26,27)16(22)23/h3-10,15-16H,1-2H3. The third-order valence-electron chi connectivity index (χ3n) is 4.17. The molecule has 0 aliphatic carbocycles. The summed E-state index contributed by atoms with van der Waals surface area (Å²) < 4.78 is 109. The minimum atomic E-state index is -4.63. The Bertz CT molecular complexity index is 734. The van der Waals surface area contributed by atoms with E-state index in [0.717, 1.165) is 24.3 Å². The zero-order valence-electron chi connectivity index (χ0n) is 15.1. The molecular weight excluding hydrogens is 412 g/mol. The number of benzene rings is 2. The Kier molecular flexibility index (Phi) is 6.34. The van der Waals surface area contributed by atoms with E-state index in [0.29, 0.717) is 11.1 Å². The first-order valence-corrected chi connectivity index (χ1v) is 8.17. The van der Waals surface area contributed by atoms with E-state index in [-0.39, 0.29) is 0 Å². The summed E-state index contributed by atoms with van der Waals surface area (Å²) in [7, 11) is 0. The fourth-order valence-corrected chi connectivity index (χ4v) is 2.45. The van der Waals surface area contributed by atoms with Crippen molar-refractivity contribution in [1.29, 1.82) is 0 Å². The summed E-state index contributed by atoms with van der Waals surface area (Å²) in [6, 6.07) is 9.89. The first kappa shape index (κ1) is 22.8. The summed E-state index contributed by atoms with van der Waals surface area (Å²) in [6.07, 6.45) is -17.2. The monoisotopic (exact) mass is 428 g/mol. The van der Waals surface area contributed by atoms with Gasteiger partial charge in [-0.25, -0.2) is 0 Å². The molecule has 0 bridgehead atoms. The second kappa shape index (κ2) is 8.08. The van der Waals surface area contributed by atoms with E-state index in [1.54, 1.807) is 13.8 Å². The van der Waals surface area contributed by atoms with Gasteiger partial charge in [0.05, 0.1) is 0 Å². The summed E-state index contributed by atoms with van der Waals surface area (Å²) >= 11 is 0. The van der Waals surface area contributed by atoms with Crippen molar-refractivity contribution in [2.24, 2.45) is 0 Å². The van der Waals surface area contributed by atoms with Gasteiger partial charge < -0.3 is 9.47 Å². The van der Waals surface area contributed by atoms with Gasteiger partial charge in [0.15, 0.2) is 0 Å². The van der Waals surface area contributed by atoms with Gasteiger partial charge in [-0.1, -0.05) is 38.1 Å². The highest BCUT2D eigenvalue weighted by molar-refractivity contribution is 5.42. The maximum atomic E-state index is 13.0. The normalized spacial score (nSPS) is 13.1. The Balaban J connectivity index is 2.18. The molecule has 2 aromatic carbocycles. The topological polar surface area (TPSA) is 18.5 Å². The van der Waals surface area contributed by atoms with Gasteiger partial charge in [-0.05, 0) is 35.4 Å². The Morgan fingerprint density at radius 2 is 0.862 bits per heavy atom. The smallest absolute Gasteiger partial charge is 0.428 e. The van der Waals surface area contributed by atoms with Gasteiger partial charge in [0.1, 0.15) is 11.5 Å². The van der Waals surface area contributed by atoms with Crippen LogP contribution in [0.2, 0.25) is 0 Å². The summed E-state index contributed by atoms with van der Waals surface area (Å²) in [5, 5.41) is 0. The third-order valence-corrected chi connectivity index (χ3v) is 4.17. The van der Waals surface area contributed by atoms with E-state index in [1.807, 2.05) is 0 Å². The van der Waals surface area contributed by atoms with Crippen molar-refractivity contribution in [3.8, 4) is 11.5 Å². The van der Waals surface area contributed by atoms with Crippen LogP contribution >= 0.6 is 0 Å². The molecule has 160 valence electrons. The Labute approximate surface area is 161 Å². The molecule has 0 atom stereocenters. The van der Waals surface area contributed by atoms with E-state index in [9.17, 15) is 35.1 Å². The molecule has 0 saturated carbocycles. The van der Waals surface area contributed by atoms with Crippen molar-refractivity contribution in [1.82, 2.24) is 0 Å². The van der Waals surface area contributed by atoms with E-state index >= 15 is 0 Å². The molecule has 0 spiro atoms. The second-order valence-electron chi connectivity index (χ2n) is 6.60. The molecule has 29 heavy (non-hydrogen) atoms. The minimum absolute atomic E-state index is 0.465. The van der Waals surface area contributed by atoms with Crippen LogP contribution in [0.15, 0.2) is 48.5 Å². The molecule has 0 unspecified atom stereocenters. The Morgan fingerprint density at radius 1 is 0.586 bits per heavy atom. The van der Waals surface area contributed by atoms with E-state index in [2.05, 4.69) is 9.47 Å². The quantitative estimate of drug-likeness (QED) is 0.448. The van der Waals surface area contributed by atoms with Crippen LogP contribution in [0.4, 0.5) is 35.1 Å². The molecule has 0 N–H and O–H groups in total. The molecule has 0 heterocycles. The van der Waals surface area contributed by atoms with E-state index < -0.39 is 42.0 Å². The lowest BCUT2D eigenvalue weighted by Gasteiger charge is -2.27. The summed E-state index contributed by atoms with van der Waals surface area (Å²) in [6.45, 7) is 3.44. The third kappa shape index (κ3) is 5.30. The van der Waals surface area contributed by atoms with Crippen LogP contribution < -0.4 is 9.47 Å². The maximum Gasteiger partial charge on any atom is 0.461 e. The molecule has 2 nitrogen and oxygen atoms in total. The molecule has 2 rings (SSSR count). The predicted molar refractivity (Wildman–Crippen MR) is 88.2 cm³/mol. The van der Waals surface area contributed by atoms with Gasteiger partial charge in [0.25, 0.3) is 0 Å². The number of halogens is 8. The highest BCUT2D eigenvalue weighted by Crippen LogP contribution is 2.35. The molecule has 0 fully saturated rings. The molecular formula is C19H16F8O2. The van der Waals surface area contributed by atoms with Gasteiger partial charge in [-0.15, -0.1) is 0 Å². The van der Waals surface area contributed by atoms with Crippen LogP contribution in [0.3, 0.4) is 0 Å². The average molecular weight is 428 g/mol. The highest BCUT2D eigenvalue weighted by atomic mass is 19.3. The van der Waals surface area contributed by atoms with Crippen LogP contribution in [0.25, 0.3) is 0 Å². The van der Waals surface area contributed by atoms with E-state index in [4.69, 9.17) is 0 Å². The van der Waals surface area contributed by atoms with Gasteiger partial charge in [-0.2, -0.15) is 35.1 Å². The lowest BCUT2D eigenvalue weighted by Crippen LogP contribution is -2.33. The number of hydrogen-bond donors (Lipinski definition) is 0. The maximum absolute atomic E-state index is 13.0. The summed E-state index contributed by atoms with van der Waals surface area (Å²) in [4.78, 5) is 0. The number of ether oxygens (including phenoxy) is 2. The summed E-state index contributed by atoms with van der Waals surface area (Å²) in [5.74, 6) is -0.930. The highest BCUT2D eigenvalue weighted by Gasteiger charge is 2.44. The summed E-state index contributed by atoms with van der Waals surface area (Å²) in [5.41, 5.74) is 0.363. The molecule has 10 heteroatoms. The van der Waals surface area contributed by atoms with Crippen LogP contribution in [-0.2, 0) is 5.41 Å². The minimum Gasteiger partial charge on any atom is -0.428 e. The van der Waals surface area contributed by atoms with Crippen LogP contribution in [0.5, 0.6) is 11.5 Å². The molecule has 0 aliphatic rings. The molecule has 2 aromatic rings. The first-order chi connectivity index (χ1) is 13.3. The van der Waals surface area contributed by atoms with Gasteiger partial charge in [0.2, 0.25) is 0 Å². The zero-order chi connectivity index (χ0) is 22.0. The Morgan fingerprint density at radius 3 is 1.10 bits per heavy atom. The van der Waals surface area contributed by atoms with Crippen molar-refractivity contribution in [3.05, 3.63) is 59.7 Å². The number of hydrogen-bond acceptors (Lipinski definition) is 2. The first-order valence-electron chi connectivity index (χ1n) is 8.17. The average Bonchev–Trinajstić information content (AvgIpc) is 2.61. The van der Waals surface area contributed by atoms with Crippen molar-refractivity contribution in [3.63, 3.8) is 0 Å². The largest absolute Gasteiger partial charge is 0.461 e. The van der Waals surface area contributed by atoms with Gasteiger partial charge in [0, 0.05) is 5.41 Å². The van der Waals surface area contributed by atoms with Crippen molar-refractivity contribution < 1.29 is 44.6 Å². The van der Waals surface area contributed by atoms with Crippen molar-refractivity contribution in [2.45, 2.75) is 44.3 Å². The molecule has 0 amide bonds. The lowest BCUT2D eigenvalue weighted by atomic mass is 9.78. The van der Waals surface area contributed by atoms with Crippen molar-refractivity contribution in [2.75, 3.05) is 0 Å². The van der Waals surface area contributed by atoms with Crippen molar-refractivity contribution >= 4 is 0 Å². The Hall–Kier alpha value is -2.52. The van der Waals surface area contributed by atoms with Crippen LogP contribution in [0, 0.1) is 0 Å². The molecule has 0 aliphatic heterocycles. The number of rotatable bonds is 8. The zero-order valence-corrected chi connectivity index (χ0v) is 15.1. The fourth-order valence-electron chi connectivity index (χ4n) is 2.45. The second-order valence-corrected chi connectivity index (χ2v) is 6.60. The van der Waals surface area contributed by atoms with Crippen LogP contribution in [0.1, 0.15) is 25.0 Å². The molecule has 0 saturated heterocycles. The fraction of sp³-hybridized carbons (Fsp3) is 0.368. The van der Waals surface area contributed by atoms with Gasteiger partial charge in [-0.3, -0.25) is 0 Å². The predicted octanol–water partition coefficient (Wildman–Crippen LogP) is 6.49. The van der Waals surface area contributed by atoms with E-state index in [1.165, 1.54) is 24.3 Å². The SMILES string of the molecule is CC(C)(c1ccc(OC(F)(F)C(F)F)cc1)c1ccc(OC(F)(F)C(F)F)cc1. The van der Waals surface area contributed by atoms with Crippen LogP contribution in [-0.4, -0.2) is 25.1 Å². The lowest BCUT2D eigenvalue weighted by molar-refractivity contribution is -0.253.